The lowest BCUT2D eigenvalue weighted by Gasteiger charge is -2.39. The van der Waals surface area contributed by atoms with Crippen LogP contribution in [0.25, 0.3) is 0 Å². The first-order valence-electron chi connectivity index (χ1n) is 6.89. The van der Waals surface area contributed by atoms with E-state index in [-0.39, 0.29) is 18.4 Å². The minimum atomic E-state index is -4.58. The van der Waals surface area contributed by atoms with Gasteiger partial charge >= 0.3 is 6.18 Å². The molecule has 2 N–H and O–H groups in total. The minimum Gasteiger partial charge on any atom is -0.469 e. The molecule has 5 nitrogen and oxygen atoms in total. The third-order valence-corrected chi connectivity index (χ3v) is 3.46. The molecule has 2 heterocycles. The number of rotatable bonds is 3. The number of aromatic nitrogens is 1. The molecule has 4 atom stereocenters. The Balaban J connectivity index is 2.09. The number of halogens is 3. The molecule has 0 aliphatic carbocycles. The van der Waals surface area contributed by atoms with Gasteiger partial charge in [0, 0.05) is 6.07 Å². The van der Waals surface area contributed by atoms with E-state index < -0.39 is 36.3 Å². The molecule has 1 aromatic heterocycles. The smallest absolute Gasteiger partial charge is 0.433 e. The predicted octanol–water partition coefficient (Wildman–Crippen LogP) is 1.62. The van der Waals surface area contributed by atoms with Gasteiger partial charge in [-0.25, -0.2) is 4.98 Å². The zero-order valence-electron chi connectivity index (χ0n) is 12.1. The molecule has 1 aliphatic rings. The summed E-state index contributed by atoms with van der Waals surface area (Å²) in [5, 5.41) is 20.0. The SMILES string of the molecule is CC(C)[C@H]1OC[C@H](Oc2cccc(C(F)(F)F)n2)[C@@H](O)[C@H]1O. The first-order valence-corrected chi connectivity index (χ1v) is 6.89. The van der Waals surface area contributed by atoms with Crippen LogP contribution in [0.4, 0.5) is 13.2 Å². The Labute approximate surface area is 125 Å². The van der Waals surface area contributed by atoms with Gasteiger partial charge in [-0.1, -0.05) is 19.9 Å². The Morgan fingerprint density at radius 3 is 2.55 bits per heavy atom. The number of aliphatic hydroxyl groups excluding tert-OH is 2. The molecular weight excluding hydrogens is 303 g/mol. The fourth-order valence-corrected chi connectivity index (χ4v) is 2.30. The van der Waals surface area contributed by atoms with Crippen LogP contribution >= 0.6 is 0 Å². The van der Waals surface area contributed by atoms with Crippen LogP contribution in [0.15, 0.2) is 18.2 Å². The maximum Gasteiger partial charge on any atom is 0.433 e. The maximum atomic E-state index is 12.6. The summed E-state index contributed by atoms with van der Waals surface area (Å²) in [5.41, 5.74) is -1.09. The van der Waals surface area contributed by atoms with Crippen LogP contribution < -0.4 is 4.74 Å². The zero-order chi connectivity index (χ0) is 16.5. The number of hydrogen-bond acceptors (Lipinski definition) is 5. The molecule has 0 unspecified atom stereocenters. The lowest BCUT2D eigenvalue weighted by molar-refractivity contribution is -0.191. The second kappa shape index (κ2) is 6.39. The number of nitrogens with zero attached hydrogens (tertiary/aromatic N) is 1. The Morgan fingerprint density at radius 2 is 1.95 bits per heavy atom. The molecule has 0 spiro atoms. The molecule has 1 fully saturated rings. The van der Waals surface area contributed by atoms with Gasteiger partial charge in [0.15, 0.2) is 6.10 Å². The van der Waals surface area contributed by atoms with Gasteiger partial charge in [-0.15, -0.1) is 0 Å². The largest absolute Gasteiger partial charge is 0.469 e. The molecule has 22 heavy (non-hydrogen) atoms. The molecule has 0 saturated carbocycles. The minimum absolute atomic E-state index is 0.0164. The number of alkyl halides is 3. The third kappa shape index (κ3) is 3.68. The first-order chi connectivity index (χ1) is 10.2. The molecule has 124 valence electrons. The van der Waals surface area contributed by atoms with E-state index in [1.165, 1.54) is 6.07 Å². The Kier molecular flexibility index (Phi) is 4.93. The van der Waals surface area contributed by atoms with Crippen molar-refractivity contribution < 1.29 is 32.9 Å². The van der Waals surface area contributed by atoms with Gasteiger partial charge in [-0.05, 0) is 12.0 Å². The summed E-state index contributed by atoms with van der Waals surface area (Å²) in [5.74, 6) is -0.296. The van der Waals surface area contributed by atoms with E-state index in [4.69, 9.17) is 9.47 Å². The van der Waals surface area contributed by atoms with E-state index in [1.54, 1.807) is 0 Å². The zero-order valence-corrected chi connectivity index (χ0v) is 12.1. The van der Waals surface area contributed by atoms with Crippen molar-refractivity contribution in [3.63, 3.8) is 0 Å². The van der Waals surface area contributed by atoms with Crippen molar-refractivity contribution in [2.75, 3.05) is 6.61 Å². The molecular formula is C14H18F3NO4. The van der Waals surface area contributed by atoms with Crippen LogP contribution in [0.5, 0.6) is 5.88 Å². The lowest BCUT2D eigenvalue weighted by Crippen LogP contribution is -2.56. The average Bonchev–Trinajstić information content (AvgIpc) is 2.43. The molecule has 1 aliphatic heterocycles. The van der Waals surface area contributed by atoms with Crippen LogP contribution in [0.2, 0.25) is 0 Å². The van der Waals surface area contributed by atoms with Crippen molar-refractivity contribution in [2.24, 2.45) is 5.92 Å². The number of ether oxygens (including phenoxy) is 2. The molecule has 1 aromatic rings. The highest BCUT2D eigenvalue weighted by Crippen LogP contribution is 2.29. The van der Waals surface area contributed by atoms with Gasteiger partial charge in [0.05, 0.1) is 12.7 Å². The second-order valence-electron chi connectivity index (χ2n) is 5.54. The number of pyridine rings is 1. The van der Waals surface area contributed by atoms with E-state index in [9.17, 15) is 23.4 Å². The molecule has 0 aromatic carbocycles. The second-order valence-corrected chi connectivity index (χ2v) is 5.54. The summed E-state index contributed by atoms with van der Waals surface area (Å²) < 4.78 is 48.5. The summed E-state index contributed by atoms with van der Waals surface area (Å²) in [6.07, 6.45) is -8.56. The predicted molar refractivity (Wildman–Crippen MR) is 70.2 cm³/mol. The molecule has 0 bridgehead atoms. The van der Waals surface area contributed by atoms with Gasteiger partial charge < -0.3 is 19.7 Å². The standard InChI is InChI=1S/C14H18F3NO4/c1-7(2)13-12(20)11(19)8(6-21-13)22-10-5-3-4-9(18-10)14(15,16)17/h3-5,7-8,11-13,19-20H,6H2,1-2H3/t8-,11+,12+,13+/m0/s1. The molecule has 1 saturated heterocycles. The monoisotopic (exact) mass is 321 g/mol. The van der Waals surface area contributed by atoms with E-state index >= 15 is 0 Å². The van der Waals surface area contributed by atoms with Crippen molar-refractivity contribution in [3.8, 4) is 5.88 Å². The van der Waals surface area contributed by atoms with Crippen LogP contribution in [0, 0.1) is 5.92 Å². The average molecular weight is 321 g/mol. The van der Waals surface area contributed by atoms with Gasteiger partial charge in [0.25, 0.3) is 0 Å². The van der Waals surface area contributed by atoms with Crippen molar-refractivity contribution in [2.45, 2.75) is 44.4 Å². The normalized spacial score (nSPS) is 29.6. The highest BCUT2D eigenvalue weighted by molar-refractivity contribution is 5.18. The summed E-state index contributed by atoms with van der Waals surface area (Å²) in [6.45, 7) is 3.62. The quantitative estimate of drug-likeness (QED) is 0.885. The van der Waals surface area contributed by atoms with Gasteiger partial charge in [-0.2, -0.15) is 13.2 Å². The van der Waals surface area contributed by atoms with E-state index in [1.807, 2.05) is 13.8 Å². The molecule has 0 radical (unpaired) electrons. The van der Waals surface area contributed by atoms with E-state index in [2.05, 4.69) is 4.98 Å². The van der Waals surface area contributed by atoms with Crippen LogP contribution in [-0.4, -0.2) is 46.2 Å². The Morgan fingerprint density at radius 1 is 1.27 bits per heavy atom. The first kappa shape index (κ1) is 17.0. The van der Waals surface area contributed by atoms with Crippen molar-refractivity contribution in [1.29, 1.82) is 0 Å². The summed E-state index contributed by atoms with van der Waals surface area (Å²) in [7, 11) is 0. The van der Waals surface area contributed by atoms with Crippen LogP contribution in [0.1, 0.15) is 19.5 Å². The number of aliphatic hydroxyl groups is 2. The third-order valence-electron chi connectivity index (χ3n) is 3.46. The van der Waals surface area contributed by atoms with Crippen molar-refractivity contribution in [3.05, 3.63) is 23.9 Å². The fourth-order valence-electron chi connectivity index (χ4n) is 2.30. The molecule has 2 rings (SSSR count). The highest BCUT2D eigenvalue weighted by atomic mass is 19.4. The van der Waals surface area contributed by atoms with Crippen molar-refractivity contribution >= 4 is 0 Å². The summed E-state index contributed by atoms with van der Waals surface area (Å²) in [6, 6.07) is 3.24. The van der Waals surface area contributed by atoms with Crippen molar-refractivity contribution in [1.82, 2.24) is 4.98 Å². The molecule has 8 heteroatoms. The Bertz CT molecular complexity index is 509. The molecule has 0 amide bonds. The fraction of sp³-hybridized carbons (Fsp3) is 0.643. The van der Waals surface area contributed by atoms with Crippen LogP contribution in [-0.2, 0) is 10.9 Å². The van der Waals surface area contributed by atoms with Gasteiger partial charge in [0.2, 0.25) is 5.88 Å². The topological polar surface area (TPSA) is 71.8 Å². The summed E-state index contributed by atoms with van der Waals surface area (Å²) >= 11 is 0. The lowest BCUT2D eigenvalue weighted by atomic mass is 9.92. The van der Waals surface area contributed by atoms with Gasteiger partial charge in [0.1, 0.15) is 17.9 Å². The van der Waals surface area contributed by atoms with Gasteiger partial charge in [-0.3, -0.25) is 0 Å². The van der Waals surface area contributed by atoms with Crippen LogP contribution in [0.3, 0.4) is 0 Å². The summed E-state index contributed by atoms with van der Waals surface area (Å²) in [4.78, 5) is 3.36. The van der Waals surface area contributed by atoms with E-state index in [0.717, 1.165) is 12.1 Å². The number of hydrogen-bond donors (Lipinski definition) is 2. The Hall–Kier alpha value is -1.38. The highest BCUT2D eigenvalue weighted by Gasteiger charge is 2.41. The van der Waals surface area contributed by atoms with E-state index in [0.29, 0.717) is 0 Å². The maximum absolute atomic E-state index is 12.6.